The number of nitrogens with zero attached hydrogens (tertiary/aromatic N) is 3. The van der Waals surface area contributed by atoms with Crippen molar-refractivity contribution in [3.8, 4) is 0 Å². The average molecular weight is 336 g/mol. The van der Waals surface area contributed by atoms with Gasteiger partial charge >= 0.3 is 6.18 Å². The number of carbonyl (C=O) groups excluding carboxylic acids is 1. The lowest BCUT2D eigenvalue weighted by Crippen LogP contribution is -2.50. The van der Waals surface area contributed by atoms with Crippen molar-refractivity contribution in [3.05, 3.63) is 11.1 Å². The second-order valence-electron chi connectivity index (χ2n) is 5.49. The number of hydrogen-bond acceptors (Lipinski definition) is 5. The van der Waals surface area contributed by atoms with Gasteiger partial charge < -0.3 is 10.2 Å². The van der Waals surface area contributed by atoms with Crippen molar-refractivity contribution in [3.63, 3.8) is 0 Å². The van der Waals surface area contributed by atoms with Crippen molar-refractivity contribution >= 4 is 22.4 Å². The molecular weight excluding hydrogens is 317 g/mol. The quantitative estimate of drug-likeness (QED) is 0.911. The van der Waals surface area contributed by atoms with E-state index >= 15 is 0 Å². The van der Waals surface area contributed by atoms with Crippen LogP contribution in [0.15, 0.2) is 6.20 Å². The summed E-state index contributed by atoms with van der Waals surface area (Å²) in [5.74, 6) is -0.0305. The van der Waals surface area contributed by atoms with Gasteiger partial charge in [-0.3, -0.25) is 9.69 Å². The van der Waals surface area contributed by atoms with E-state index in [0.717, 1.165) is 6.20 Å². The van der Waals surface area contributed by atoms with Crippen molar-refractivity contribution in [2.45, 2.75) is 26.1 Å². The molecule has 1 N–H and O–H groups in total. The Morgan fingerprint density at radius 2 is 2.00 bits per heavy atom. The number of carbonyl (C=O) groups is 1. The van der Waals surface area contributed by atoms with Gasteiger partial charge in [-0.15, -0.1) is 0 Å². The Labute approximate surface area is 131 Å². The molecule has 0 atom stereocenters. The van der Waals surface area contributed by atoms with Gasteiger partial charge in [0, 0.05) is 32.2 Å². The van der Waals surface area contributed by atoms with E-state index in [1.807, 2.05) is 23.6 Å². The SMILES string of the molecule is CC(C)NC(=O)CN1CCN(c2ncc(C(F)(F)F)s2)CC1. The maximum Gasteiger partial charge on any atom is 0.427 e. The predicted octanol–water partition coefficient (Wildman–Crippen LogP) is 1.81. The molecule has 22 heavy (non-hydrogen) atoms. The summed E-state index contributed by atoms with van der Waals surface area (Å²) in [6, 6.07) is 0.102. The van der Waals surface area contributed by atoms with Crippen molar-refractivity contribution < 1.29 is 18.0 Å². The summed E-state index contributed by atoms with van der Waals surface area (Å²) in [5.41, 5.74) is 0. The van der Waals surface area contributed by atoms with Crippen LogP contribution in [0.2, 0.25) is 0 Å². The van der Waals surface area contributed by atoms with Gasteiger partial charge in [0.15, 0.2) is 5.13 Å². The van der Waals surface area contributed by atoms with Crippen LogP contribution in [0.3, 0.4) is 0 Å². The maximum absolute atomic E-state index is 12.6. The van der Waals surface area contributed by atoms with Crippen LogP contribution in [0.25, 0.3) is 0 Å². The molecule has 0 unspecified atom stereocenters. The first-order valence-electron chi connectivity index (χ1n) is 7.05. The van der Waals surface area contributed by atoms with Gasteiger partial charge in [-0.05, 0) is 13.8 Å². The molecule has 0 radical (unpaired) electrons. The third-order valence-corrected chi connectivity index (χ3v) is 4.34. The van der Waals surface area contributed by atoms with Gasteiger partial charge in [-0.25, -0.2) is 4.98 Å². The first-order chi connectivity index (χ1) is 10.3. The Hall–Kier alpha value is -1.35. The molecule has 1 aliphatic heterocycles. The first-order valence-corrected chi connectivity index (χ1v) is 7.87. The Morgan fingerprint density at radius 1 is 1.36 bits per heavy atom. The zero-order valence-corrected chi connectivity index (χ0v) is 13.3. The number of rotatable bonds is 4. The Kier molecular flexibility index (Phi) is 5.28. The molecule has 1 aromatic heterocycles. The third-order valence-electron chi connectivity index (χ3n) is 3.23. The van der Waals surface area contributed by atoms with Crippen LogP contribution >= 0.6 is 11.3 Å². The summed E-state index contributed by atoms with van der Waals surface area (Å²) < 4.78 is 37.7. The summed E-state index contributed by atoms with van der Waals surface area (Å²) in [4.78, 5) is 18.7. The topological polar surface area (TPSA) is 48.5 Å². The molecule has 0 spiro atoms. The Morgan fingerprint density at radius 3 is 2.50 bits per heavy atom. The minimum atomic E-state index is -4.34. The fraction of sp³-hybridized carbons (Fsp3) is 0.692. The van der Waals surface area contributed by atoms with E-state index in [0.29, 0.717) is 49.2 Å². The molecule has 0 aromatic carbocycles. The molecule has 1 aromatic rings. The molecule has 1 fully saturated rings. The van der Waals surface area contributed by atoms with Crippen LogP contribution < -0.4 is 10.2 Å². The van der Waals surface area contributed by atoms with Gasteiger partial charge in [-0.1, -0.05) is 11.3 Å². The molecular formula is C13H19F3N4OS. The zero-order valence-electron chi connectivity index (χ0n) is 12.5. The number of hydrogen-bond donors (Lipinski definition) is 1. The van der Waals surface area contributed by atoms with E-state index in [9.17, 15) is 18.0 Å². The van der Waals surface area contributed by atoms with E-state index in [1.165, 1.54) is 0 Å². The van der Waals surface area contributed by atoms with Crippen molar-refractivity contribution in [2.24, 2.45) is 0 Å². The number of thiazole rings is 1. The number of aromatic nitrogens is 1. The first kappa shape index (κ1) is 17.0. The molecule has 1 saturated heterocycles. The molecule has 9 heteroatoms. The van der Waals surface area contributed by atoms with Crippen LogP contribution in [0.1, 0.15) is 18.7 Å². The summed E-state index contributed by atoms with van der Waals surface area (Å²) in [7, 11) is 0. The predicted molar refractivity (Wildman–Crippen MR) is 79.0 cm³/mol. The van der Waals surface area contributed by atoms with Gasteiger partial charge in [0.05, 0.1) is 12.7 Å². The van der Waals surface area contributed by atoms with E-state index in [2.05, 4.69) is 10.3 Å². The normalized spacial score (nSPS) is 17.1. The third kappa shape index (κ3) is 4.57. The molecule has 5 nitrogen and oxygen atoms in total. The Bertz CT molecular complexity index is 510. The lowest BCUT2D eigenvalue weighted by atomic mass is 10.3. The molecule has 2 rings (SSSR count). The summed E-state index contributed by atoms with van der Waals surface area (Å²) in [5, 5.41) is 3.21. The monoisotopic (exact) mass is 336 g/mol. The lowest BCUT2D eigenvalue weighted by Gasteiger charge is -2.34. The number of alkyl halides is 3. The number of nitrogens with one attached hydrogen (secondary N) is 1. The molecule has 0 saturated carbocycles. The maximum atomic E-state index is 12.6. The molecule has 1 amide bonds. The van der Waals surface area contributed by atoms with Crippen LogP contribution in [0.5, 0.6) is 0 Å². The average Bonchev–Trinajstić information content (AvgIpc) is 2.88. The van der Waals surface area contributed by atoms with E-state index in [-0.39, 0.29) is 11.9 Å². The second kappa shape index (κ2) is 6.82. The number of anilines is 1. The van der Waals surface area contributed by atoms with Crippen LogP contribution in [0.4, 0.5) is 18.3 Å². The molecule has 2 heterocycles. The van der Waals surface area contributed by atoms with Gasteiger partial charge in [0.25, 0.3) is 0 Å². The largest absolute Gasteiger partial charge is 0.427 e. The Balaban J connectivity index is 1.84. The van der Waals surface area contributed by atoms with E-state index in [1.54, 1.807) is 0 Å². The van der Waals surface area contributed by atoms with Crippen LogP contribution in [-0.2, 0) is 11.0 Å². The summed E-state index contributed by atoms with van der Waals surface area (Å²) in [6.45, 7) is 6.52. The minimum absolute atomic E-state index is 0.0305. The second-order valence-corrected chi connectivity index (χ2v) is 6.50. The van der Waals surface area contributed by atoms with Gasteiger partial charge in [0.1, 0.15) is 4.88 Å². The smallest absolute Gasteiger partial charge is 0.353 e. The number of amides is 1. The summed E-state index contributed by atoms with van der Waals surface area (Å²) in [6.07, 6.45) is -3.46. The van der Waals surface area contributed by atoms with Crippen molar-refractivity contribution in [1.29, 1.82) is 0 Å². The van der Waals surface area contributed by atoms with Crippen molar-refractivity contribution in [2.75, 3.05) is 37.6 Å². The lowest BCUT2D eigenvalue weighted by molar-refractivity contribution is -0.134. The highest BCUT2D eigenvalue weighted by atomic mass is 32.1. The van der Waals surface area contributed by atoms with Gasteiger partial charge in [-0.2, -0.15) is 13.2 Å². The molecule has 1 aliphatic rings. The fourth-order valence-corrected chi connectivity index (χ4v) is 3.05. The van der Waals surface area contributed by atoms with E-state index in [4.69, 9.17) is 0 Å². The van der Waals surface area contributed by atoms with E-state index < -0.39 is 11.1 Å². The van der Waals surface area contributed by atoms with Crippen LogP contribution in [-0.4, -0.2) is 54.6 Å². The highest BCUT2D eigenvalue weighted by Gasteiger charge is 2.34. The number of piperazine rings is 1. The molecule has 124 valence electrons. The number of halogens is 3. The molecule has 0 aliphatic carbocycles. The highest BCUT2D eigenvalue weighted by Crippen LogP contribution is 2.36. The van der Waals surface area contributed by atoms with Gasteiger partial charge in [0.2, 0.25) is 5.91 Å². The minimum Gasteiger partial charge on any atom is -0.353 e. The summed E-state index contributed by atoms with van der Waals surface area (Å²) >= 11 is 0.662. The van der Waals surface area contributed by atoms with Crippen molar-refractivity contribution in [1.82, 2.24) is 15.2 Å². The van der Waals surface area contributed by atoms with Crippen LogP contribution in [0, 0.1) is 0 Å². The molecule has 0 bridgehead atoms. The fourth-order valence-electron chi connectivity index (χ4n) is 2.21. The zero-order chi connectivity index (χ0) is 16.3. The standard InChI is InChI=1S/C13H19F3N4OS/c1-9(2)18-11(21)8-19-3-5-20(6-4-19)12-17-7-10(22-12)13(14,15)16/h7,9H,3-6,8H2,1-2H3,(H,18,21). The highest BCUT2D eigenvalue weighted by molar-refractivity contribution is 7.15.